The van der Waals surface area contributed by atoms with Crippen LogP contribution in [0.5, 0.6) is 0 Å². The molecular formula is C22H34N2O5. The van der Waals surface area contributed by atoms with E-state index in [-0.39, 0.29) is 18.6 Å². The molecule has 0 aromatic heterocycles. The number of rotatable bonds is 8. The van der Waals surface area contributed by atoms with Crippen molar-refractivity contribution < 1.29 is 23.8 Å². The van der Waals surface area contributed by atoms with Gasteiger partial charge in [0.25, 0.3) is 0 Å². The van der Waals surface area contributed by atoms with Gasteiger partial charge in [0.2, 0.25) is 0 Å². The van der Waals surface area contributed by atoms with E-state index < -0.39 is 17.4 Å². The molecule has 0 bridgehead atoms. The van der Waals surface area contributed by atoms with Gasteiger partial charge in [-0.3, -0.25) is 9.69 Å². The molecule has 1 aromatic carbocycles. The van der Waals surface area contributed by atoms with Crippen molar-refractivity contribution >= 4 is 12.1 Å². The maximum Gasteiger partial charge on any atom is 0.412 e. The van der Waals surface area contributed by atoms with Crippen LogP contribution in [-0.2, 0) is 25.4 Å². The predicted octanol–water partition coefficient (Wildman–Crippen LogP) is 3.12. The van der Waals surface area contributed by atoms with Crippen molar-refractivity contribution in [2.45, 2.75) is 64.8 Å². The molecule has 7 heteroatoms. The second-order valence-electron chi connectivity index (χ2n) is 8.70. The molecule has 29 heavy (non-hydrogen) atoms. The molecule has 1 unspecified atom stereocenters. The third-order valence-electron chi connectivity index (χ3n) is 4.53. The first-order valence-corrected chi connectivity index (χ1v) is 10.1. The molecule has 1 fully saturated rings. The lowest BCUT2D eigenvalue weighted by Gasteiger charge is -2.35. The minimum absolute atomic E-state index is 0.0877. The van der Waals surface area contributed by atoms with Crippen LogP contribution in [-0.4, -0.2) is 60.6 Å². The van der Waals surface area contributed by atoms with Gasteiger partial charge in [0.1, 0.15) is 11.3 Å². The Hall–Kier alpha value is -2.12. The fourth-order valence-corrected chi connectivity index (χ4v) is 3.21. The van der Waals surface area contributed by atoms with Crippen molar-refractivity contribution in [3.8, 4) is 0 Å². The van der Waals surface area contributed by atoms with Crippen molar-refractivity contribution in [3.05, 3.63) is 35.9 Å². The first-order chi connectivity index (χ1) is 13.6. The first-order valence-electron chi connectivity index (χ1n) is 10.1. The van der Waals surface area contributed by atoms with Crippen LogP contribution in [0.3, 0.4) is 0 Å². The average molecular weight is 407 g/mol. The number of aryl methyl sites for hydroxylation is 1. The number of carbonyl (C=O) groups excluding carboxylic acids is 2. The van der Waals surface area contributed by atoms with E-state index in [4.69, 9.17) is 14.2 Å². The number of hydrogen-bond donors (Lipinski definition) is 1. The highest BCUT2D eigenvalue weighted by atomic mass is 16.6. The molecule has 0 saturated carbocycles. The van der Waals surface area contributed by atoms with Crippen LogP contribution >= 0.6 is 0 Å². The molecule has 1 atom stereocenters. The van der Waals surface area contributed by atoms with Crippen molar-refractivity contribution in [3.63, 3.8) is 0 Å². The van der Waals surface area contributed by atoms with Crippen molar-refractivity contribution in [1.82, 2.24) is 10.2 Å². The maximum absolute atomic E-state index is 12.6. The smallest absolute Gasteiger partial charge is 0.412 e. The number of nitrogens with zero attached hydrogens (tertiary/aromatic N) is 1. The van der Waals surface area contributed by atoms with Crippen LogP contribution in [0.1, 0.15) is 46.6 Å². The summed E-state index contributed by atoms with van der Waals surface area (Å²) in [4.78, 5) is 26.1. The molecule has 1 saturated heterocycles. The summed E-state index contributed by atoms with van der Waals surface area (Å²) < 4.78 is 16.5. The fraction of sp³-hybridized carbons (Fsp3) is 0.636. The molecule has 1 heterocycles. The molecule has 1 N–H and O–H groups in total. The van der Waals surface area contributed by atoms with E-state index >= 15 is 0 Å². The summed E-state index contributed by atoms with van der Waals surface area (Å²) in [6.45, 7) is 10.4. The van der Waals surface area contributed by atoms with Crippen molar-refractivity contribution in [2.75, 3.05) is 26.3 Å². The van der Waals surface area contributed by atoms with Gasteiger partial charge in [-0.2, -0.15) is 0 Å². The Morgan fingerprint density at radius 2 is 1.93 bits per heavy atom. The lowest BCUT2D eigenvalue weighted by Crippen LogP contribution is -2.52. The van der Waals surface area contributed by atoms with E-state index in [2.05, 4.69) is 17.4 Å². The molecule has 0 radical (unpaired) electrons. The molecule has 0 aliphatic carbocycles. The molecule has 1 aliphatic heterocycles. The van der Waals surface area contributed by atoms with Crippen LogP contribution in [0.2, 0.25) is 0 Å². The van der Waals surface area contributed by atoms with E-state index in [1.54, 1.807) is 4.90 Å². The van der Waals surface area contributed by atoms with Crippen LogP contribution < -0.4 is 5.32 Å². The van der Waals surface area contributed by atoms with Gasteiger partial charge in [-0.15, -0.1) is 0 Å². The van der Waals surface area contributed by atoms with Gasteiger partial charge in [0.15, 0.2) is 0 Å². The Morgan fingerprint density at radius 3 is 2.59 bits per heavy atom. The summed E-state index contributed by atoms with van der Waals surface area (Å²) in [6.07, 6.45) is 1.24. The third kappa shape index (κ3) is 7.66. The minimum atomic E-state index is -0.757. The lowest BCUT2D eigenvalue weighted by molar-refractivity contribution is -0.142. The third-order valence-corrected chi connectivity index (χ3v) is 4.53. The van der Waals surface area contributed by atoms with E-state index in [9.17, 15) is 9.59 Å². The fourth-order valence-electron chi connectivity index (χ4n) is 3.21. The van der Waals surface area contributed by atoms with Gasteiger partial charge >= 0.3 is 12.1 Å². The van der Waals surface area contributed by atoms with Gasteiger partial charge < -0.3 is 19.5 Å². The molecule has 1 aliphatic rings. The van der Waals surface area contributed by atoms with Crippen LogP contribution in [0, 0.1) is 0 Å². The second-order valence-corrected chi connectivity index (χ2v) is 8.70. The summed E-state index contributed by atoms with van der Waals surface area (Å²) >= 11 is 0. The van der Waals surface area contributed by atoms with Crippen molar-refractivity contribution in [2.24, 2.45) is 0 Å². The summed E-state index contributed by atoms with van der Waals surface area (Å²) in [7, 11) is 0. The van der Waals surface area contributed by atoms with Gasteiger partial charge in [-0.25, -0.2) is 4.79 Å². The molecule has 0 spiro atoms. The first kappa shape index (κ1) is 23.2. The van der Waals surface area contributed by atoms with Gasteiger partial charge in [0.05, 0.1) is 25.8 Å². The number of amides is 1. The summed E-state index contributed by atoms with van der Waals surface area (Å²) in [6, 6.07) is 9.89. The Labute approximate surface area is 173 Å². The zero-order valence-electron chi connectivity index (χ0n) is 18.2. The van der Waals surface area contributed by atoms with Crippen molar-refractivity contribution in [1.29, 1.82) is 0 Å². The monoisotopic (exact) mass is 406 g/mol. The Kier molecular flexibility index (Phi) is 8.05. The van der Waals surface area contributed by atoms with Gasteiger partial charge in [-0.1, -0.05) is 30.3 Å². The molecule has 1 amide bonds. The van der Waals surface area contributed by atoms with E-state index in [1.807, 2.05) is 52.8 Å². The molecular weight excluding hydrogens is 372 g/mol. The highest BCUT2D eigenvalue weighted by molar-refractivity contribution is 5.71. The molecule has 2 rings (SSSR count). The average Bonchev–Trinajstić information content (AvgIpc) is 2.93. The highest BCUT2D eigenvalue weighted by Gasteiger charge is 2.45. The van der Waals surface area contributed by atoms with Gasteiger partial charge in [0, 0.05) is 6.54 Å². The topological polar surface area (TPSA) is 77.1 Å². The predicted molar refractivity (Wildman–Crippen MR) is 110 cm³/mol. The van der Waals surface area contributed by atoms with E-state index in [1.165, 1.54) is 5.56 Å². The minimum Gasteiger partial charge on any atom is -0.465 e. The Bertz CT molecular complexity index is 670. The summed E-state index contributed by atoms with van der Waals surface area (Å²) in [5.74, 6) is -0.306. The highest BCUT2D eigenvalue weighted by Crippen LogP contribution is 2.29. The molecule has 7 nitrogen and oxygen atoms in total. The number of hydrogen-bond acceptors (Lipinski definition) is 6. The second kappa shape index (κ2) is 10.1. The zero-order valence-corrected chi connectivity index (χ0v) is 18.2. The molecule has 162 valence electrons. The quantitative estimate of drug-likeness (QED) is 0.528. The number of nitrogens with one attached hydrogen (secondary N) is 1. The number of carbonyl (C=O) groups is 2. The summed E-state index contributed by atoms with van der Waals surface area (Å²) in [5, 5.41) is 3.07. The number of benzene rings is 1. The largest absolute Gasteiger partial charge is 0.465 e. The van der Waals surface area contributed by atoms with E-state index in [0.717, 1.165) is 12.8 Å². The van der Waals surface area contributed by atoms with Crippen LogP contribution in [0.15, 0.2) is 30.3 Å². The zero-order chi connectivity index (χ0) is 21.5. The van der Waals surface area contributed by atoms with Crippen LogP contribution in [0.25, 0.3) is 0 Å². The Morgan fingerprint density at radius 1 is 1.24 bits per heavy atom. The number of esters is 1. The standard InChI is InChI=1S/C22H34N2O5/c1-21(2,3)29-20(26)24-18(16-28-22(24,4)5)14-23-15-19(25)27-13-9-12-17-10-7-6-8-11-17/h6-8,10-11,18,23H,9,12-16H2,1-5H3. The summed E-state index contributed by atoms with van der Waals surface area (Å²) in [5.41, 5.74) is -0.114. The normalized spacial score (nSPS) is 18.5. The lowest BCUT2D eigenvalue weighted by atomic mass is 10.1. The van der Waals surface area contributed by atoms with E-state index in [0.29, 0.717) is 19.8 Å². The Balaban J connectivity index is 1.71. The number of ether oxygens (including phenoxy) is 3. The van der Waals surface area contributed by atoms with Crippen LogP contribution in [0.4, 0.5) is 4.79 Å². The maximum atomic E-state index is 12.6. The van der Waals surface area contributed by atoms with Gasteiger partial charge in [-0.05, 0) is 53.0 Å². The SMILES string of the molecule is CC(C)(C)OC(=O)N1C(CNCC(=O)OCCCc2ccccc2)COC1(C)C. The molecule has 1 aromatic rings.